The van der Waals surface area contributed by atoms with E-state index in [9.17, 15) is 0 Å². The highest BCUT2D eigenvalue weighted by molar-refractivity contribution is 5.90. The van der Waals surface area contributed by atoms with Gasteiger partial charge in [0, 0.05) is 16.7 Å². The largest absolute Gasteiger partial charge is 0.249 e. The highest BCUT2D eigenvalue weighted by atomic mass is 14.8. The first-order valence-electron chi connectivity index (χ1n) is 13.4. The van der Waals surface area contributed by atoms with Crippen LogP contribution in [0.2, 0.25) is 0 Å². The van der Waals surface area contributed by atoms with Gasteiger partial charge in [-0.3, -0.25) is 0 Å². The molecule has 0 unspecified atom stereocenters. The summed E-state index contributed by atoms with van der Waals surface area (Å²) in [6, 6.07) is 41.5. The van der Waals surface area contributed by atoms with Crippen molar-refractivity contribution in [3.05, 3.63) is 133 Å². The number of hydrogen-bond donors (Lipinski definition) is 0. The maximum atomic E-state index is 5.17. The molecule has 0 saturated heterocycles. The zero-order valence-corrected chi connectivity index (χ0v) is 22.3. The lowest BCUT2D eigenvalue weighted by atomic mass is 10.0. The van der Waals surface area contributed by atoms with Gasteiger partial charge in [0.2, 0.25) is 0 Å². The predicted octanol–water partition coefficient (Wildman–Crippen LogP) is 8.86. The molecule has 0 aliphatic rings. The van der Waals surface area contributed by atoms with E-state index in [1.807, 2.05) is 49.4 Å². The quantitative estimate of drug-likeness (QED) is 0.235. The SMILES string of the molecule is Cc1ccc(-c2nc3ccc(-c4ccc5nc(C)c(-c6ccccc6)nc5c4)cc3nc2-c2ccccc2)cc1. The van der Waals surface area contributed by atoms with Crippen LogP contribution in [0.4, 0.5) is 0 Å². The van der Waals surface area contributed by atoms with Crippen LogP contribution in [-0.2, 0) is 0 Å². The standard InChI is InChI=1S/C36H26N4/c1-23-13-15-27(16-14-23)36-35(26-11-7-4-8-12-26)40-33-22-29(18-20-31(33)38-36)28-17-19-30-32(21-28)39-34(24(2)37-30)25-9-5-3-6-10-25/h3-22H,1-2H3. The molecule has 0 bridgehead atoms. The van der Waals surface area contributed by atoms with E-state index in [1.54, 1.807) is 0 Å². The second-order valence-electron chi connectivity index (χ2n) is 10.1. The van der Waals surface area contributed by atoms with E-state index in [0.29, 0.717) is 0 Å². The molecule has 5 aromatic carbocycles. The summed E-state index contributed by atoms with van der Waals surface area (Å²) in [5, 5.41) is 0. The van der Waals surface area contributed by atoms with Gasteiger partial charge in [-0.05, 0) is 49.2 Å². The van der Waals surface area contributed by atoms with E-state index in [-0.39, 0.29) is 0 Å². The summed E-state index contributed by atoms with van der Waals surface area (Å²) in [5.41, 5.74) is 13.6. The van der Waals surface area contributed by atoms with Crippen molar-refractivity contribution in [1.29, 1.82) is 0 Å². The Morgan fingerprint density at radius 2 is 0.775 bits per heavy atom. The summed E-state index contributed by atoms with van der Waals surface area (Å²) in [7, 11) is 0. The van der Waals surface area contributed by atoms with Gasteiger partial charge in [0.05, 0.1) is 44.8 Å². The first kappa shape index (κ1) is 23.9. The summed E-state index contributed by atoms with van der Waals surface area (Å²) >= 11 is 0. The van der Waals surface area contributed by atoms with Crippen LogP contribution in [0, 0.1) is 13.8 Å². The van der Waals surface area contributed by atoms with Gasteiger partial charge in [0.25, 0.3) is 0 Å². The van der Waals surface area contributed by atoms with Crippen molar-refractivity contribution >= 4 is 22.1 Å². The number of hydrogen-bond acceptors (Lipinski definition) is 4. The number of benzene rings is 5. The Morgan fingerprint density at radius 1 is 0.350 bits per heavy atom. The molecule has 0 fully saturated rings. The summed E-state index contributed by atoms with van der Waals surface area (Å²) < 4.78 is 0. The third-order valence-corrected chi connectivity index (χ3v) is 7.26. The Bertz CT molecular complexity index is 2000. The average Bonchev–Trinajstić information content (AvgIpc) is 3.01. The lowest BCUT2D eigenvalue weighted by Crippen LogP contribution is -1.96. The Morgan fingerprint density at radius 3 is 1.35 bits per heavy atom. The maximum Gasteiger partial charge on any atom is 0.0973 e. The molecular formula is C36H26N4. The van der Waals surface area contributed by atoms with Crippen LogP contribution in [0.15, 0.2) is 121 Å². The zero-order valence-electron chi connectivity index (χ0n) is 22.3. The highest BCUT2D eigenvalue weighted by Crippen LogP contribution is 2.33. The predicted molar refractivity (Wildman–Crippen MR) is 164 cm³/mol. The molecule has 0 atom stereocenters. The third-order valence-electron chi connectivity index (χ3n) is 7.26. The van der Waals surface area contributed by atoms with Crippen molar-refractivity contribution in [2.45, 2.75) is 13.8 Å². The Hall–Kier alpha value is -5.22. The van der Waals surface area contributed by atoms with E-state index in [4.69, 9.17) is 19.9 Å². The molecule has 4 heteroatoms. The van der Waals surface area contributed by atoms with Gasteiger partial charge in [-0.15, -0.1) is 0 Å². The lowest BCUT2D eigenvalue weighted by molar-refractivity contribution is 1.19. The molecule has 4 nitrogen and oxygen atoms in total. The van der Waals surface area contributed by atoms with Crippen LogP contribution in [-0.4, -0.2) is 19.9 Å². The van der Waals surface area contributed by atoms with Crippen molar-refractivity contribution in [2.75, 3.05) is 0 Å². The number of nitrogens with zero attached hydrogens (tertiary/aromatic N) is 4. The van der Waals surface area contributed by atoms with Crippen LogP contribution in [0.1, 0.15) is 11.3 Å². The second kappa shape index (κ2) is 9.83. The van der Waals surface area contributed by atoms with Gasteiger partial charge in [0.15, 0.2) is 0 Å². The minimum absolute atomic E-state index is 0.854. The smallest absolute Gasteiger partial charge is 0.0973 e. The van der Waals surface area contributed by atoms with Crippen LogP contribution in [0.5, 0.6) is 0 Å². The minimum atomic E-state index is 0.854. The van der Waals surface area contributed by atoms with E-state index in [0.717, 1.165) is 72.7 Å². The van der Waals surface area contributed by atoms with E-state index < -0.39 is 0 Å². The van der Waals surface area contributed by atoms with Crippen LogP contribution < -0.4 is 0 Å². The fourth-order valence-electron chi connectivity index (χ4n) is 5.14. The Balaban J connectivity index is 1.36. The fourth-order valence-corrected chi connectivity index (χ4v) is 5.14. The molecule has 0 radical (unpaired) electrons. The van der Waals surface area contributed by atoms with E-state index in [1.165, 1.54) is 5.56 Å². The van der Waals surface area contributed by atoms with Gasteiger partial charge >= 0.3 is 0 Å². The highest BCUT2D eigenvalue weighted by Gasteiger charge is 2.15. The topological polar surface area (TPSA) is 51.6 Å². The first-order chi connectivity index (χ1) is 19.6. The average molecular weight is 515 g/mol. The van der Waals surface area contributed by atoms with E-state index >= 15 is 0 Å². The van der Waals surface area contributed by atoms with Gasteiger partial charge in [-0.25, -0.2) is 19.9 Å². The van der Waals surface area contributed by atoms with E-state index in [2.05, 4.69) is 85.8 Å². The van der Waals surface area contributed by atoms with Crippen molar-refractivity contribution in [1.82, 2.24) is 19.9 Å². The molecule has 0 spiro atoms. The van der Waals surface area contributed by atoms with Crippen LogP contribution in [0.25, 0.3) is 67.0 Å². The van der Waals surface area contributed by atoms with Gasteiger partial charge in [0.1, 0.15) is 0 Å². The number of fused-ring (bicyclic) bond motifs is 2. The van der Waals surface area contributed by atoms with Crippen molar-refractivity contribution in [3.8, 4) is 44.9 Å². The molecule has 0 saturated carbocycles. The molecule has 0 aliphatic heterocycles. The molecule has 0 amide bonds. The Labute approximate surface area is 233 Å². The fraction of sp³-hybridized carbons (Fsp3) is 0.0556. The first-order valence-corrected chi connectivity index (χ1v) is 13.4. The monoisotopic (exact) mass is 514 g/mol. The second-order valence-corrected chi connectivity index (χ2v) is 10.1. The van der Waals surface area contributed by atoms with Crippen LogP contribution >= 0.6 is 0 Å². The van der Waals surface area contributed by atoms with Crippen molar-refractivity contribution < 1.29 is 0 Å². The summed E-state index contributed by atoms with van der Waals surface area (Å²) in [5.74, 6) is 0. The molecule has 2 aromatic heterocycles. The Kier molecular flexibility index (Phi) is 5.86. The molecule has 40 heavy (non-hydrogen) atoms. The molecular weight excluding hydrogens is 488 g/mol. The number of rotatable bonds is 4. The molecule has 0 aliphatic carbocycles. The van der Waals surface area contributed by atoms with Gasteiger partial charge in [-0.2, -0.15) is 0 Å². The summed E-state index contributed by atoms with van der Waals surface area (Å²) in [6.07, 6.45) is 0. The molecule has 7 rings (SSSR count). The normalized spacial score (nSPS) is 11.2. The minimum Gasteiger partial charge on any atom is -0.249 e. The molecule has 2 heterocycles. The van der Waals surface area contributed by atoms with Gasteiger partial charge < -0.3 is 0 Å². The molecule has 0 N–H and O–H groups in total. The van der Waals surface area contributed by atoms with Crippen molar-refractivity contribution in [2.24, 2.45) is 0 Å². The number of aryl methyl sites for hydroxylation is 2. The van der Waals surface area contributed by atoms with Gasteiger partial charge in [-0.1, -0.05) is 103 Å². The maximum absolute atomic E-state index is 5.17. The third kappa shape index (κ3) is 4.40. The summed E-state index contributed by atoms with van der Waals surface area (Å²) in [6.45, 7) is 4.11. The van der Waals surface area contributed by atoms with Crippen LogP contribution in [0.3, 0.4) is 0 Å². The molecule has 7 aromatic rings. The molecule has 190 valence electrons. The van der Waals surface area contributed by atoms with Crippen molar-refractivity contribution in [3.63, 3.8) is 0 Å². The summed E-state index contributed by atoms with van der Waals surface area (Å²) in [4.78, 5) is 20.1. The number of aromatic nitrogens is 4. The lowest BCUT2D eigenvalue weighted by Gasteiger charge is -2.12. The zero-order chi connectivity index (χ0) is 27.1.